The maximum atomic E-state index is 12.3. The standard InChI is InChI=1S/C41H76N6O14/c42-47-34(41(56)57)17-15-16-22-43-37(50)31-60-29-28-59-26-24-45-38(51)32-61-30-27-58-25-23-44-35(48)21-20-33(40(54)55)46-36(49)18-13-11-9-7-5-3-1-2-4-6-8-10-12-14-19-39(52)53/h33-34,47H,1-32,42H2,(H,43,50)(H,44,48)(H,45,51)(H,46,49)(H,52,53)(H,54,55)(H,56,57)/p+1. The van der Waals surface area contributed by atoms with Gasteiger partial charge in [-0.05, 0) is 38.5 Å². The zero-order valence-corrected chi connectivity index (χ0v) is 36.3. The predicted molar refractivity (Wildman–Crippen MR) is 224 cm³/mol. The van der Waals surface area contributed by atoms with Crippen molar-refractivity contribution in [3.05, 3.63) is 0 Å². The average molecular weight is 878 g/mol. The van der Waals surface area contributed by atoms with E-state index < -0.39 is 30.0 Å². The number of nitrogens with one attached hydrogen (secondary N) is 5. The number of carbonyl (C=O) groups is 7. The van der Waals surface area contributed by atoms with E-state index in [0.29, 0.717) is 32.2 Å². The topological polar surface area (TPSA) is 305 Å². The molecule has 20 heteroatoms. The molecule has 354 valence electrons. The first-order valence-electron chi connectivity index (χ1n) is 22.1. The van der Waals surface area contributed by atoms with Crippen LogP contribution in [0.25, 0.3) is 0 Å². The van der Waals surface area contributed by atoms with Crippen molar-refractivity contribution < 1.29 is 73.7 Å². The quantitative estimate of drug-likeness (QED) is 0.0309. The highest BCUT2D eigenvalue weighted by Crippen LogP contribution is 2.14. The fourth-order valence-electron chi connectivity index (χ4n) is 5.98. The highest BCUT2D eigenvalue weighted by molar-refractivity contribution is 5.84. The van der Waals surface area contributed by atoms with Crippen molar-refractivity contribution in [1.29, 1.82) is 0 Å². The number of unbranched alkanes of at least 4 members (excludes halogenated alkanes) is 14. The van der Waals surface area contributed by atoms with Crippen molar-refractivity contribution in [3.8, 4) is 0 Å². The molecule has 4 amide bonds. The fourth-order valence-corrected chi connectivity index (χ4v) is 5.98. The first kappa shape index (κ1) is 57.1. The second-order valence-corrected chi connectivity index (χ2v) is 14.8. The minimum Gasteiger partial charge on any atom is -0.481 e. The summed E-state index contributed by atoms with van der Waals surface area (Å²) in [5.41, 5.74) is 2.47. The van der Waals surface area contributed by atoms with Gasteiger partial charge in [-0.25, -0.2) is 4.79 Å². The predicted octanol–water partition coefficient (Wildman–Crippen LogP) is 1.45. The highest BCUT2D eigenvalue weighted by Gasteiger charge is 2.21. The smallest absolute Gasteiger partial charge is 0.326 e. The van der Waals surface area contributed by atoms with E-state index in [1.54, 1.807) is 0 Å². The molecule has 0 rings (SSSR count). The van der Waals surface area contributed by atoms with Crippen molar-refractivity contribution in [2.75, 3.05) is 72.5 Å². The van der Waals surface area contributed by atoms with E-state index >= 15 is 0 Å². The summed E-state index contributed by atoms with van der Waals surface area (Å²) in [7, 11) is 0. The van der Waals surface area contributed by atoms with Crippen molar-refractivity contribution in [2.45, 2.75) is 147 Å². The third-order valence-electron chi connectivity index (χ3n) is 9.47. The Morgan fingerprint density at radius 1 is 0.410 bits per heavy atom. The number of hydrogen-bond acceptors (Lipinski definition) is 12. The number of hydrogen-bond donors (Lipinski definition) is 9. The Morgan fingerprint density at radius 3 is 1.30 bits per heavy atom. The molecule has 0 saturated carbocycles. The number of carboxylic acids is 3. The zero-order valence-electron chi connectivity index (χ0n) is 36.3. The maximum Gasteiger partial charge on any atom is 0.326 e. The molecule has 11 N–H and O–H groups in total. The molecule has 0 aromatic rings. The van der Waals surface area contributed by atoms with E-state index in [2.05, 4.69) is 32.5 Å². The molecule has 0 aromatic carbocycles. The van der Waals surface area contributed by atoms with Gasteiger partial charge in [0.05, 0.1) is 39.6 Å². The van der Waals surface area contributed by atoms with Crippen LogP contribution in [0.2, 0.25) is 0 Å². The van der Waals surface area contributed by atoms with Gasteiger partial charge in [0.2, 0.25) is 23.6 Å². The molecule has 0 aliphatic heterocycles. The summed E-state index contributed by atoms with van der Waals surface area (Å²) in [5, 5.41) is 37.6. The van der Waals surface area contributed by atoms with Crippen LogP contribution in [-0.4, -0.2) is 141 Å². The van der Waals surface area contributed by atoms with Crippen LogP contribution in [0, 0.1) is 0 Å². The van der Waals surface area contributed by atoms with E-state index in [0.717, 1.165) is 44.9 Å². The van der Waals surface area contributed by atoms with Gasteiger partial charge >= 0.3 is 17.9 Å². The van der Waals surface area contributed by atoms with Gasteiger partial charge in [0.15, 0.2) is 6.04 Å². The van der Waals surface area contributed by atoms with Crippen molar-refractivity contribution >= 4 is 41.5 Å². The molecule has 0 saturated heterocycles. The Balaban J connectivity index is 3.65. The molecular formula is C41H77N6O14+. The molecule has 0 aliphatic rings. The lowest BCUT2D eigenvalue weighted by Gasteiger charge is -2.14. The molecule has 0 heterocycles. The number of amides is 4. The van der Waals surface area contributed by atoms with Crippen LogP contribution >= 0.6 is 0 Å². The SMILES string of the molecule is [NH3+]NC(CCCCNC(=O)COCCOCCNC(=O)COCCOCCNC(=O)CCC(NC(=O)CCCCCCCCCCCCCCCCC(=O)O)C(=O)O)C(=O)O. The number of rotatable bonds is 45. The van der Waals surface area contributed by atoms with Crippen molar-refractivity contribution in [2.24, 2.45) is 0 Å². The van der Waals surface area contributed by atoms with Crippen LogP contribution in [-0.2, 0) is 52.5 Å². The van der Waals surface area contributed by atoms with Gasteiger partial charge in [-0.2, -0.15) is 5.43 Å². The van der Waals surface area contributed by atoms with Crippen molar-refractivity contribution in [3.63, 3.8) is 0 Å². The Bertz CT molecular complexity index is 1200. The van der Waals surface area contributed by atoms with E-state index in [9.17, 15) is 38.7 Å². The summed E-state index contributed by atoms with van der Waals surface area (Å²) in [4.78, 5) is 81.2. The Labute approximate surface area is 360 Å². The molecular weight excluding hydrogens is 800 g/mol. The number of carbonyl (C=O) groups excluding carboxylic acids is 4. The molecule has 0 radical (unpaired) electrons. The Hall–Kier alpha value is -3.95. The summed E-state index contributed by atoms with van der Waals surface area (Å²) in [6.45, 7) is 1.80. The number of carboxylic acid groups (broad SMARTS) is 3. The number of quaternary nitrogens is 1. The molecule has 0 fully saturated rings. The van der Waals surface area contributed by atoms with Crippen LogP contribution in [0.4, 0.5) is 0 Å². The summed E-state index contributed by atoms with van der Waals surface area (Å²) >= 11 is 0. The average Bonchev–Trinajstić information content (AvgIpc) is 3.22. The van der Waals surface area contributed by atoms with Crippen molar-refractivity contribution in [1.82, 2.24) is 26.7 Å². The maximum absolute atomic E-state index is 12.3. The minimum atomic E-state index is -1.19. The third-order valence-corrected chi connectivity index (χ3v) is 9.47. The molecule has 61 heavy (non-hydrogen) atoms. The first-order valence-corrected chi connectivity index (χ1v) is 22.1. The molecule has 0 aliphatic carbocycles. The molecule has 2 atom stereocenters. The third kappa shape index (κ3) is 39.9. The largest absolute Gasteiger partial charge is 0.481 e. The molecule has 0 bridgehead atoms. The van der Waals surface area contributed by atoms with Gasteiger partial charge in [0.1, 0.15) is 19.3 Å². The van der Waals surface area contributed by atoms with Crippen LogP contribution in [0.5, 0.6) is 0 Å². The minimum absolute atomic E-state index is 0.0317. The van der Waals surface area contributed by atoms with E-state index in [1.807, 2.05) is 0 Å². The van der Waals surface area contributed by atoms with Gasteiger partial charge in [-0.1, -0.05) is 77.0 Å². The summed E-state index contributed by atoms with van der Waals surface area (Å²) in [5.74, 6) is -0.792. The van der Waals surface area contributed by atoms with Gasteiger partial charge < -0.3 is 55.5 Å². The summed E-state index contributed by atoms with van der Waals surface area (Å²) in [6, 6.07) is -1.85. The van der Waals surface area contributed by atoms with E-state index in [1.165, 1.54) is 38.5 Å². The Morgan fingerprint density at radius 2 is 0.836 bits per heavy atom. The molecule has 0 aromatic heterocycles. The first-order chi connectivity index (χ1) is 29.5. The normalized spacial score (nSPS) is 12.0. The fraction of sp³-hybridized carbons (Fsp3) is 0.829. The number of ether oxygens (including phenoxy) is 4. The number of aliphatic carboxylic acids is 3. The Kier molecular flexibility index (Phi) is 38.7. The van der Waals surface area contributed by atoms with Crippen LogP contribution in [0.15, 0.2) is 0 Å². The zero-order chi connectivity index (χ0) is 45.2. The summed E-state index contributed by atoms with van der Waals surface area (Å²) in [6.07, 6.45) is 17.1. The monoisotopic (exact) mass is 878 g/mol. The molecule has 2 unspecified atom stereocenters. The van der Waals surface area contributed by atoms with Gasteiger partial charge in [-0.3, -0.25) is 34.6 Å². The lowest BCUT2D eigenvalue weighted by atomic mass is 10.0. The van der Waals surface area contributed by atoms with Gasteiger partial charge in [-0.15, -0.1) is 0 Å². The van der Waals surface area contributed by atoms with Crippen LogP contribution in [0.3, 0.4) is 0 Å². The second kappa shape index (κ2) is 41.4. The van der Waals surface area contributed by atoms with E-state index in [4.69, 9.17) is 29.2 Å². The van der Waals surface area contributed by atoms with Crippen LogP contribution in [0.1, 0.15) is 135 Å². The molecule has 20 nitrogen and oxygen atoms in total. The summed E-state index contributed by atoms with van der Waals surface area (Å²) < 4.78 is 21.3. The van der Waals surface area contributed by atoms with Gasteiger partial charge in [0, 0.05) is 38.9 Å². The van der Waals surface area contributed by atoms with Crippen LogP contribution < -0.4 is 32.5 Å². The highest BCUT2D eigenvalue weighted by atomic mass is 16.5. The van der Waals surface area contributed by atoms with Gasteiger partial charge in [0.25, 0.3) is 0 Å². The lowest BCUT2D eigenvalue weighted by molar-refractivity contribution is -0.449. The lowest BCUT2D eigenvalue weighted by Crippen LogP contribution is -2.70. The molecule has 0 spiro atoms. The van der Waals surface area contributed by atoms with E-state index in [-0.39, 0.29) is 115 Å². The second-order valence-electron chi connectivity index (χ2n) is 14.8.